The fourth-order valence-electron chi connectivity index (χ4n) is 3.14. The zero-order valence-corrected chi connectivity index (χ0v) is 13.7. The van der Waals surface area contributed by atoms with Crippen molar-refractivity contribution >= 4 is 5.91 Å². The molecule has 0 aliphatic carbocycles. The summed E-state index contributed by atoms with van der Waals surface area (Å²) in [6.45, 7) is 4.12. The molecule has 2 aliphatic rings. The molecule has 1 aromatic heterocycles. The van der Waals surface area contributed by atoms with E-state index < -0.39 is 0 Å². The van der Waals surface area contributed by atoms with Gasteiger partial charge in [0.1, 0.15) is 5.69 Å². The zero-order chi connectivity index (χ0) is 16.5. The van der Waals surface area contributed by atoms with Crippen LogP contribution in [0.1, 0.15) is 30.3 Å². The molecule has 2 aliphatic heterocycles. The van der Waals surface area contributed by atoms with E-state index in [1.165, 1.54) is 0 Å². The number of ether oxygens (including phenoxy) is 2. The van der Waals surface area contributed by atoms with E-state index in [-0.39, 0.29) is 12.7 Å². The summed E-state index contributed by atoms with van der Waals surface area (Å²) in [7, 11) is 0. The van der Waals surface area contributed by atoms with E-state index in [9.17, 15) is 4.79 Å². The van der Waals surface area contributed by atoms with Gasteiger partial charge in [-0.15, -0.1) is 0 Å². The van der Waals surface area contributed by atoms with Gasteiger partial charge in [0.25, 0.3) is 5.91 Å². The number of piperidine rings is 1. The van der Waals surface area contributed by atoms with Gasteiger partial charge in [-0.2, -0.15) is 0 Å². The van der Waals surface area contributed by atoms with Crippen LogP contribution in [0.3, 0.4) is 0 Å². The Morgan fingerprint density at radius 3 is 2.75 bits per heavy atom. The Morgan fingerprint density at radius 1 is 1.12 bits per heavy atom. The predicted octanol–water partition coefficient (Wildman–Crippen LogP) is 3.35. The Morgan fingerprint density at radius 2 is 1.92 bits per heavy atom. The van der Waals surface area contributed by atoms with Gasteiger partial charge in [-0.05, 0) is 49.1 Å². The first-order valence-corrected chi connectivity index (χ1v) is 8.37. The number of pyridine rings is 1. The van der Waals surface area contributed by atoms with Crippen LogP contribution in [0.15, 0.2) is 36.4 Å². The molecule has 0 spiro atoms. The van der Waals surface area contributed by atoms with Crippen molar-refractivity contribution in [3.8, 4) is 22.8 Å². The van der Waals surface area contributed by atoms with E-state index in [4.69, 9.17) is 9.47 Å². The van der Waals surface area contributed by atoms with Crippen LogP contribution in [0.2, 0.25) is 0 Å². The smallest absolute Gasteiger partial charge is 0.272 e. The predicted molar refractivity (Wildman–Crippen MR) is 90.1 cm³/mol. The lowest BCUT2D eigenvalue weighted by Gasteiger charge is -2.30. The monoisotopic (exact) mass is 324 g/mol. The molecule has 0 unspecified atom stereocenters. The Balaban J connectivity index is 1.58. The zero-order valence-electron chi connectivity index (χ0n) is 13.7. The van der Waals surface area contributed by atoms with Gasteiger partial charge in [-0.1, -0.05) is 13.0 Å². The lowest BCUT2D eigenvalue weighted by atomic mass is 9.99. The number of hydrogen-bond donors (Lipinski definition) is 0. The quantitative estimate of drug-likeness (QED) is 0.850. The molecule has 124 valence electrons. The van der Waals surface area contributed by atoms with Crippen LogP contribution < -0.4 is 9.47 Å². The molecule has 2 aromatic rings. The number of benzene rings is 1. The number of likely N-dealkylation sites (tertiary alicyclic amines) is 1. The molecular formula is C19H20N2O3. The minimum Gasteiger partial charge on any atom is -0.454 e. The molecule has 4 rings (SSSR count). The standard InChI is InChI=1S/C19H20N2O3/c1-13-7-9-21(10-8-13)19(22)16-4-2-3-15(20-16)14-5-6-17-18(11-14)24-12-23-17/h2-6,11,13H,7-10,12H2,1H3. The summed E-state index contributed by atoms with van der Waals surface area (Å²) in [5.41, 5.74) is 2.19. The number of carbonyl (C=O) groups is 1. The SMILES string of the molecule is CC1CCN(C(=O)c2cccc(-c3ccc4c(c3)OCO4)n2)CC1. The highest BCUT2D eigenvalue weighted by Gasteiger charge is 2.22. The normalized spacial score (nSPS) is 17.1. The Kier molecular flexibility index (Phi) is 3.84. The van der Waals surface area contributed by atoms with Gasteiger partial charge in [0.15, 0.2) is 11.5 Å². The highest BCUT2D eigenvalue weighted by atomic mass is 16.7. The first-order valence-electron chi connectivity index (χ1n) is 8.37. The summed E-state index contributed by atoms with van der Waals surface area (Å²) in [5, 5.41) is 0. The first kappa shape index (κ1) is 15.0. The molecule has 0 atom stereocenters. The molecule has 5 nitrogen and oxygen atoms in total. The fourth-order valence-corrected chi connectivity index (χ4v) is 3.14. The van der Waals surface area contributed by atoms with Crippen molar-refractivity contribution in [2.24, 2.45) is 5.92 Å². The van der Waals surface area contributed by atoms with Gasteiger partial charge in [-0.25, -0.2) is 4.98 Å². The van der Waals surface area contributed by atoms with Gasteiger partial charge >= 0.3 is 0 Å². The third kappa shape index (κ3) is 2.82. The maximum Gasteiger partial charge on any atom is 0.272 e. The molecule has 0 bridgehead atoms. The van der Waals surface area contributed by atoms with Crippen molar-refractivity contribution < 1.29 is 14.3 Å². The van der Waals surface area contributed by atoms with E-state index >= 15 is 0 Å². The van der Waals surface area contributed by atoms with Crippen molar-refractivity contribution in [3.63, 3.8) is 0 Å². The van der Waals surface area contributed by atoms with Crippen molar-refractivity contribution in [2.45, 2.75) is 19.8 Å². The first-order chi connectivity index (χ1) is 11.7. The minimum atomic E-state index is 0.0180. The van der Waals surface area contributed by atoms with Crippen LogP contribution in [0, 0.1) is 5.92 Å². The van der Waals surface area contributed by atoms with Crippen molar-refractivity contribution in [1.29, 1.82) is 0 Å². The molecule has 1 saturated heterocycles. The summed E-state index contributed by atoms with van der Waals surface area (Å²) in [5.74, 6) is 2.18. The van der Waals surface area contributed by atoms with Crippen LogP contribution in [-0.2, 0) is 0 Å². The summed E-state index contributed by atoms with van der Waals surface area (Å²) in [4.78, 5) is 19.2. The van der Waals surface area contributed by atoms with E-state index in [1.807, 2.05) is 35.2 Å². The molecule has 0 radical (unpaired) electrons. The number of nitrogens with zero attached hydrogens (tertiary/aromatic N) is 2. The lowest BCUT2D eigenvalue weighted by Crippen LogP contribution is -2.38. The minimum absolute atomic E-state index is 0.0180. The van der Waals surface area contributed by atoms with Gasteiger partial charge in [0.05, 0.1) is 5.69 Å². The number of carbonyl (C=O) groups excluding carboxylic acids is 1. The number of amides is 1. The highest BCUT2D eigenvalue weighted by Crippen LogP contribution is 2.35. The van der Waals surface area contributed by atoms with E-state index in [0.29, 0.717) is 11.6 Å². The largest absolute Gasteiger partial charge is 0.454 e. The van der Waals surface area contributed by atoms with Gasteiger partial charge in [0.2, 0.25) is 6.79 Å². The third-order valence-corrected chi connectivity index (χ3v) is 4.71. The second kappa shape index (κ2) is 6.15. The summed E-state index contributed by atoms with van der Waals surface area (Å²) in [6, 6.07) is 11.3. The van der Waals surface area contributed by atoms with Crippen molar-refractivity contribution in [1.82, 2.24) is 9.88 Å². The Labute approximate surface area is 141 Å². The van der Waals surface area contributed by atoms with Crippen molar-refractivity contribution in [3.05, 3.63) is 42.1 Å². The van der Waals surface area contributed by atoms with Crippen LogP contribution in [0.25, 0.3) is 11.3 Å². The molecule has 24 heavy (non-hydrogen) atoms. The maximum atomic E-state index is 12.7. The fraction of sp³-hybridized carbons (Fsp3) is 0.368. The van der Waals surface area contributed by atoms with Gasteiger partial charge < -0.3 is 14.4 Å². The van der Waals surface area contributed by atoms with Crippen LogP contribution in [0.4, 0.5) is 0 Å². The number of rotatable bonds is 2. The van der Waals surface area contributed by atoms with Gasteiger partial charge in [0, 0.05) is 18.7 Å². The Bertz CT molecular complexity index is 767. The second-order valence-electron chi connectivity index (χ2n) is 6.45. The number of hydrogen-bond acceptors (Lipinski definition) is 4. The number of aromatic nitrogens is 1. The van der Waals surface area contributed by atoms with Crippen molar-refractivity contribution in [2.75, 3.05) is 19.9 Å². The average molecular weight is 324 g/mol. The molecule has 1 aromatic carbocycles. The Hall–Kier alpha value is -2.56. The molecule has 5 heteroatoms. The van der Waals surface area contributed by atoms with Crippen LogP contribution in [-0.4, -0.2) is 35.7 Å². The second-order valence-corrected chi connectivity index (χ2v) is 6.45. The van der Waals surface area contributed by atoms with Crippen LogP contribution >= 0.6 is 0 Å². The topological polar surface area (TPSA) is 51.7 Å². The maximum absolute atomic E-state index is 12.7. The summed E-state index contributed by atoms with van der Waals surface area (Å²) >= 11 is 0. The third-order valence-electron chi connectivity index (χ3n) is 4.71. The van der Waals surface area contributed by atoms with Crippen LogP contribution in [0.5, 0.6) is 11.5 Å². The van der Waals surface area contributed by atoms with Gasteiger partial charge in [-0.3, -0.25) is 4.79 Å². The molecular weight excluding hydrogens is 304 g/mol. The molecule has 1 amide bonds. The summed E-state index contributed by atoms with van der Waals surface area (Å²) in [6.07, 6.45) is 2.13. The molecule has 0 N–H and O–H groups in total. The molecule has 1 fully saturated rings. The molecule has 0 saturated carbocycles. The summed E-state index contributed by atoms with van der Waals surface area (Å²) < 4.78 is 10.8. The van der Waals surface area contributed by atoms with E-state index in [0.717, 1.165) is 48.7 Å². The van der Waals surface area contributed by atoms with E-state index in [1.54, 1.807) is 6.07 Å². The lowest BCUT2D eigenvalue weighted by molar-refractivity contribution is 0.0691. The highest BCUT2D eigenvalue weighted by molar-refractivity contribution is 5.93. The number of fused-ring (bicyclic) bond motifs is 1. The average Bonchev–Trinajstić information content (AvgIpc) is 3.09. The molecule has 3 heterocycles. The van der Waals surface area contributed by atoms with E-state index in [2.05, 4.69) is 11.9 Å².